The van der Waals surface area contributed by atoms with E-state index < -0.39 is 0 Å². The van der Waals surface area contributed by atoms with Crippen molar-refractivity contribution in [3.8, 4) is 0 Å². The Labute approximate surface area is 91.6 Å². The Morgan fingerprint density at radius 1 is 1.57 bits per heavy atom. The Kier molecular flexibility index (Phi) is 7.42. The Morgan fingerprint density at radius 2 is 2.21 bits per heavy atom. The molecule has 3 N–H and O–H groups in total. The number of hydrogen-bond donors (Lipinski definition) is 3. The molecule has 0 aromatic carbocycles. The van der Waals surface area contributed by atoms with Gasteiger partial charge in [-0.05, 0) is 38.9 Å². The molecule has 0 aliphatic carbocycles. The van der Waals surface area contributed by atoms with Crippen molar-refractivity contribution in [2.24, 2.45) is 0 Å². The first-order valence-electron chi connectivity index (χ1n) is 4.91. The second-order valence-corrected chi connectivity index (χ2v) is 3.82. The summed E-state index contributed by atoms with van der Waals surface area (Å²) < 4.78 is 0. The summed E-state index contributed by atoms with van der Waals surface area (Å²) in [5.74, 6) is 0. The lowest BCUT2D eigenvalue weighted by Crippen LogP contribution is -2.40. The predicted octanol–water partition coefficient (Wildman–Crippen LogP) is 1.19. The zero-order valence-corrected chi connectivity index (χ0v) is 9.73. The van der Waals surface area contributed by atoms with Crippen LogP contribution < -0.4 is 10.6 Å². The molecular weight excluding hydrogens is 196 g/mol. The summed E-state index contributed by atoms with van der Waals surface area (Å²) in [5, 5.41) is 15.8. The lowest BCUT2D eigenvalue weighted by atomic mass is 10.2. The van der Waals surface area contributed by atoms with Gasteiger partial charge in [0.2, 0.25) is 0 Å². The van der Waals surface area contributed by atoms with Gasteiger partial charge in [-0.2, -0.15) is 0 Å². The molecule has 4 heteroatoms. The molecule has 0 aromatic heterocycles. The fourth-order valence-electron chi connectivity index (χ4n) is 0.916. The molecule has 0 aliphatic heterocycles. The first kappa shape index (κ1) is 13.4. The molecule has 2 atom stereocenters. The summed E-state index contributed by atoms with van der Waals surface area (Å²) in [5.41, 5.74) is 0. The molecule has 3 nitrogen and oxygen atoms in total. The monoisotopic (exact) mass is 216 g/mol. The van der Waals surface area contributed by atoms with E-state index in [0.717, 1.165) is 19.4 Å². The Bertz CT molecular complexity index is 183. The van der Waals surface area contributed by atoms with Gasteiger partial charge >= 0.3 is 0 Å². The second kappa shape index (κ2) is 7.76. The van der Waals surface area contributed by atoms with Crippen molar-refractivity contribution in [2.75, 3.05) is 6.54 Å². The van der Waals surface area contributed by atoms with Crippen molar-refractivity contribution in [3.05, 3.63) is 12.7 Å². The van der Waals surface area contributed by atoms with Gasteiger partial charge in [0.25, 0.3) is 0 Å². The minimum Gasteiger partial charge on any atom is -0.393 e. The maximum Gasteiger partial charge on any atom is 0.166 e. The van der Waals surface area contributed by atoms with Crippen LogP contribution in [0.1, 0.15) is 26.7 Å². The standard InChI is InChI=1S/C10H20N2OS/c1-4-8(2)12-10(14)11-7-5-6-9(3)13/h4,8-9,13H,1,5-7H2,2-3H3,(H2,11,12,14). The highest BCUT2D eigenvalue weighted by Crippen LogP contribution is 1.93. The normalized spacial score (nSPS) is 14.2. The van der Waals surface area contributed by atoms with Crippen LogP contribution >= 0.6 is 12.2 Å². The quantitative estimate of drug-likeness (QED) is 0.354. The van der Waals surface area contributed by atoms with Gasteiger partial charge in [0.15, 0.2) is 5.11 Å². The number of aliphatic hydroxyl groups is 1. The first-order chi connectivity index (χ1) is 6.56. The molecule has 82 valence electrons. The minimum atomic E-state index is -0.231. The van der Waals surface area contributed by atoms with E-state index in [2.05, 4.69) is 17.2 Å². The van der Waals surface area contributed by atoms with Gasteiger partial charge in [0, 0.05) is 12.6 Å². The molecule has 0 heterocycles. The molecule has 0 aromatic rings. The predicted molar refractivity (Wildman–Crippen MR) is 64.3 cm³/mol. The summed E-state index contributed by atoms with van der Waals surface area (Å²) >= 11 is 5.04. The molecule has 0 saturated heterocycles. The minimum absolute atomic E-state index is 0.187. The van der Waals surface area contributed by atoms with Gasteiger partial charge in [-0.1, -0.05) is 6.08 Å². The van der Waals surface area contributed by atoms with Gasteiger partial charge in [0.05, 0.1) is 6.10 Å². The van der Waals surface area contributed by atoms with Crippen LogP contribution in [0.15, 0.2) is 12.7 Å². The van der Waals surface area contributed by atoms with E-state index in [1.165, 1.54) is 0 Å². The van der Waals surface area contributed by atoms with E-state index in [9.17, 15) is 0 Å². The van der Waals surface area contributed by atoms with Crippen molar-refractivity contribution in [2.45, 2.75) is 38.8 Å². The molecule has 0 bridgehead atoms. The molecule has 0 amide bonds. The molecule has 0 radical (unpaired) electrons. The smallest absolute Gasteiger partial charge is 0.166 e. The van der Waals surface area contributed by atoms with Crippen molar-refractivity contribution in [1.29, 1.82) is 0 Å². The molecule has 0 saturated carbocycles. The Morgan fingerprint density at radius 3 is 2.71 bits per heavy atom. The zero-order valence-electron chi connectivity index (χ0n) is 8.92. The number of aliphatic hydroxyl groups excluding tert-OH is 1. The van der Waals surface area contributed by atoms with Crippen LogP contribution in [-0.4, -0.2) is 28.9 Å². The van der Waals surface area contributed by atoms with Crippen LogP contribution in [0.4, 0.5) is 0 Å². The third-order valence-corrected chi connectivity index (χ3v) is 2.06. The van der Waals surface area contributed by atoms with Crippen LogP contribution in [0.2, 0.25) is 0 Å². The molecule has 0 fully saturated rings. The first-order valence-corrected chi connectivity index (χ1v) is 5.32. The highest BCUT2D eigenvalue weighted by molar-refractivity contribution is 7.80. The van der Waals surface area contributed by atoms with Crippen LogP contribution in [-0.2, 0) is 0 Å². The lowest BCUT2D eigenvalue weighted by Gasteiger charge is -2.13. The van der Waals surface area contributed by atoms with E-state index in [4.69, 9.17) is 17.3 Å². The van der Waals surface area contributed by atoms with Crippen LogP contribution in [0, 0.1) is 0 Å². The molecule has 2 unspecified atom stereocenters. The maximum absolute atomic E-state index is 9.01. The third kappa shape index (κ3) is 8.01. The lowest BCUT2D eigenvalue weighted by molar-refractivity contribution is 0.182. The largest absolute Gasteiger partial charge is 0.393 e. The number of thiocarbonyl (C=S) groups is 1. The highest BCUT2D eigenvalue weighted by atomic mass is 32.1. The topological polar surface area (TPSA) is 44.3 Å². The second-order valence-electron chi connectivity index (χ2n) is 3.42. The van der Waals surface area contributed by atoms with E-state index >= 15 is 0 Å². The van der Waals surface area contributed by atoms with Gasteiger partial charge in [-0.25, -0.2) is 0 Å². The van der Waals surface area contributed by atoms with E-state index in [1.54, 1.807) is 13.0 Å². The van der Waals surface area contributed by atoms with Crippen molar-refractivity contribution in [1.82, 2.24) is 10.6 Å². The highest BCUT2D eigenvalue weighted by Gasteiger charge is 1.99. The van der Waals surface area contributed by atoms with E-state index in [0.29, 0.717) is 5.11 Å². The van der Waals surface area contributed by atoms with Gasteiger partial charge < -0.3 is 15.7 Å². The summed E-state index contributed by atoms with van der Waals surface area (Å²) in [4.78, 5) is 0. The SMILES string of the molecule is C=CC(C)NC(=S)NCCCC(C)O. The molecule has 0 rings (SSSR count). The van der Waals surface area contributed by atoms with Crippen LogP contribution in [0.3, 0.4) is 0 Å². The Hall–Kier alpha value is -0.610. The fourth-order valence-corrected chi connectivity index (χ4v) is 1.20. The van der Waals surface area contributed by atoms with Gasteiger partial charge in [-0.3, -0.25) is 0 Å². The number of rotatable bonds is 6. The summed E-state index contributed by atoms with van der Waals surface area (Å²) in [6, 6.07) is 0.187. The molecule has 0 spiro atoms. The fraction of sp³-hybridized carbons (Fsp3) is 0.700. The third-order valence-electron chi connectivity index (χ3n) is 1.80. The number of hydrogen-bond acceptors (Lipinski definition) is 2. The summed E-state index contributed by atoms with van der Waals surface area (Å²) in [7, 11) is 0. The average molecular weight is 216 g/mol. The summed E-state index contributed by atoms with van der Waals surface area (Å²) in [6.45, 7) is 8.21. The molecule has 0 aliphatic rings. The molecule has 14 heavy (non-hydrogen) atoms. The van der Waals surface area contributed by atoms with Crippen molar-refractivity contribution >= 4 is 17.3 Å². The van der Waals surface area contributed by atoms with Gasteiger partial charge in [-0.15, -0.1) is 6.58 Å². The average Bonchev–Trinajstić information content (AvgIpc) is 2.12. The molecular formula is C10H20N2OS. The summed E-state index contributed by atoms with van der Waals surface area (Å²) in [6.07, 6.45) is 3.28. The van der Waals surface area contributed by atoms with Crippen LogP contribution in [0.5, 0.6) is 0 Å². The number of nitrogens with one attached hydrogen (secondary N) is 2. The maximum atomic E-state index is 9.01. The van der Waals surface area contributed by atoms with Gasteiger partial charge in [0.1, 0.15) is 0 Å². The Balaban J connectivity index is 3.40. The van der Waals surface area contributed by atoms with Crippen LogP contribution in [0.25, 0.3) is 0 Å². The van der Waals surface area contributed by atoms with Crippen molar-refractivity contribution < 1.29 is 5.11 Å². The van der Waals surface area contributed by atoms with Crippen molar-refractivity contribution in [3.63, 3.8) is 0 Å². The van der Waals surface area contributed by atoms with E-state index in [1.807, 2.05) is 6.92 Å². The van der Waals surface area contributed by atoms with E-state index in [-0.39, 0.29) is 12.1 Å². The zero-order chi connectivity index (χ0) is 11.0.